The van der Waals surface area contributed by atoms with Crippen molar-refractivity contribution < 1.29 is 14.6 Å². The predicted molar refractivity (Wildman–Crippen MR) is 108 cm³/mol. The smallest absolute Gasteiger partial charge is 0.246 e. The van der Waals surface area contributed by atoms with E-state index in [1.165, 1.54) is 0 Å². The SMILES string of the molecule is CCOCC(=O)N[C@@H]1CC(c2ccnc3[nH]cc(-c4ccnc(N)n4)c23)C[C@H]1O. The molecule has 9 nitrogen and oxygen atoms in total. The molecule has 3 atom stereocenters. The molecule has 9 heteroatoms. The standard InChI is InChI=1S/C20H24N6O3/c1-2-29-10-17(28)25-15-7-11(8-16(15)27)12-3-5-22-19-18(12)13(9-24-19)14-4-6-23-20(21)26-14/h3-6,9,11,15-16,27H,2,7-8,10H2,1H3,(H,22,24)(H,25,28)(H2,21,23,26)/t11?,15-,16-/m1/s1. The van der Waals surface area contributed by atoms with Gasteiger partial charge in [-0.15, -0.1) is 0 Å². The van der Waals surface area contributed by atoms with Gasteiger partial charge < -0.3 is 25.9 Å². The highest BCUT2D eigenvalue weighted by Crippen LogP contribution is 2.40. The van der Waals surface area contributed by atoms with E-state index in [2.05, 4.69) is 25.3 Å². The molecule has 0 bridgehead atoms. The monoisotopic (exact) mass is 396 g/mol. The van der Waals surface area contributed by atoms with Crippen molar-refractivity contribution in [3.63, 3.8) is 0 Å². The molecule has 5 N–H and O–H groups in total. The van der Waals surface area contributed by atoms with E-state index in [1.807, 2.05) is 19.2 Å². The summed E-state index contributed by atoms with van der Waals surface area (Å²) in [6.07, 6.45) is 5.79. The summed E-state index contributed by atoms with van der Waals surface area (Å²) in [5.41, 5.74) is 9.15. The van der Waals surface area contributed by atoms with Crippen LogP contribution in [0.25, 0.3) is 22.3 Å². The highest BCUT2D eigenvalue weighted by Gasteiger charge is 2.36. The van der Waals surface area contributed by atoms with E-state index in [9.17, 15) is 9.90 Å². The minimum Gasteiger partial charge on any atom is -0.391 e. The summed E-state index contributed by atoms with van der Waals surface area (Å²) in [5.74, 6) is 0.0625. The van der Waals surface area contributed by atoms with Gasteiger partial charge >= 0.3 is 0 Å². The molecule has 1 aliphatic carbocycles. The molecule has 0 saturated heterocycles. The summed E-state index contributed by atoms with van der Waals surface area (Å²) < 4.78 is 5.15. The number of rotatable bonds is 6. The van der Waals surface area contributed by atoms with E-state index in [0.717, 1.165) is 22.2 Å². The first kappa shape index (κ1) is 19.3. The van der Waals surface area contributed by atoms with E-state index in [0.29, 0.717) is 25.1 Å². The van der Waals surface area contributed by atoms with Crippen LogP contribution >= 0.6 is 0 Å². The van der Waals surface area contributed by atoms with Crippen molar-refractivity contribution >= 4 is 22.9 Å². The Kier molecular flexibility index (Phi) is 5.41. The minimum absolute atomic E-state index is 0.000974. The second-order valence-corrected chi connectivity index (χ2v) is 7.17. The number of aliphatic hydroxyl groups is 1. The average Bonchev–Trinajstić information content (AvgIpc) is 3.30. The molecule has 0 aromatic carbocycles. The zero-order valence-corrected chi connectivity index (χ0v) is 16.1. The number of anilines is 1. The first-order chi connectivity index (χ1) is 14.1. The van der Waals surface area contributed by atoms with Crippen molar-refractivity contribution in [2.45, 2.75) is 37.8 Å². The maximum atomic E-state index is 12.0. The van der Waals surface area contributed by atoms with Crippen LogP contribution in [0, 0.1) is 0 Å². The molecular weight excluding hydrogens is 372 g/mol. The topological polar surface area (TPSA) is 139 Å². The molecule has 0 aliphatic heterocycles. The molecule has 152 valence electrons. The van der Waals surface area contributed by atoms with E-state index in [-0.39, 0.29) is 30.4 Å². The second-order valence-electron chi connectivity index (χ2n) is 7.17. The quantitative estimate of drug-likeness (QED) is 0.493. The molecule has 1 saturated carbocycles. The Hall–Kier alpha value is -3.04. The third-order valence-corrected chi connectivity index (χ3v) is 5.31. The lowest BCUT2D eigenvalue weighted by Crippen LogP contribution is -2.41. The van der Waals surface area contributed by atoms with Gasteiger partial charge in [0.1, 0.15) is 12.3 Å². The lowest BCUT2D eigenvalue weighted by atomic mass is 9.93. The number of nitrogens with zero attached hydrogens (tertiary/aromatic N) is 3. The van der Waals surface area contributed by atoms with E-state index in [4.69, 9.17) is 10.5 Å². The fourth-order valence-corrected chi connectivity index (χ4v) is 4.02. The number of hydrogen-bond donors (Lipinski definition) is 4. The highest BCUT2D eigenvalue weighted by molar-refractivity contribution is 5.95. The van der Waals surface area contributed by atoms with Crippen molar-refractivity contribution in [2.75, 3.05) is 18.9 Å². The second kappa shape index (κ2) is 8.14. The Morgan fingerprint density at radius 2 is 2.17 bits per heavy atom. The largest absolute Gasteiger partial charge is 0.391 e. The molecule has 0 spiro atoms. The summed E-state index contributed by atoms with van der Waals surface area (Å²) in [4.78, 5) is 27.9. The number of nitrogens with two attached hydrogens (primary N) is 1. The summed E-state index contributed by atoms with van der Waals surface area (Å²) in [6, 6.07) is 3.45. The van der Waals surface area contributed by atoms with Gasteiger partial charge in [-0.05, 0) is 43.4 Å². The van der Waals surface area contributed by atoms with Crippen LogP contribution in [-0.4, -0.2) is 56.3 Å². The molecule has 3 heterocycles. The van der Waals surface area contributed by atoms with Crippen molar-refractivity contribution in [3.05, 3.63) is 36.3 Å². The fraction of sp³-hybridized carbons (Fsp3) is 0.400. The molecule has 4 rings (SSSR count). The van der Waals surface area contributed by atoms with Crippen molar-refractivity contribution in [3.8, 4) is 11.3 Å². The molecule has 1 amide bonds. The Bertz CT molecular complexity index is 1020. The number of aromatic amines is 1. The first-order valence-corrected chi connectivity index (χ1v) is 9.66. The molecule has 29 heavy (non-hydrogen) atoms. The zero-order valence-electron chi connectivity index (χ0n) is 16.1. The number of carbonyl (C=O) groups is 1. The van der Waals surface area contributed by atoms with Crippen molar-refractivity contribution in [1.82, 2.24) is 25.3 Å². The molecule has 1 unspecified atom stereocenters. The van der Waals surface area contributed by atoms with Crippen LogP contribution in [0.4, 0.5) is 5.95 Å². The molecule has 3 aromatic rings. The Balaban J connectivity index is 1.63. The highest BCUT2D eigenvalue weighted by atomic mass is 16.5. The number of carbonyl (C=O) groups excluding carboxylic acids is 1. The number of nitrogen functional groups attached to an aromatic ring is 1. The van der Waals surface area contributed by atoms with Gasteiger partial charge in [-0.3, -0.25) is 4.79 Å². The van der Waals surface area contributed by atoms with Crippen LogP contribution < -0.4 is 11.1 Å². The van der Waals surface area contributed by atoms with Gasteiger partial charge in [0.15, 0.2) is 0 Å². The zero-order chi connectivity index (χ0) is 20.4. The summed E-state index contributed by atoms with van der Waals surface area (Å²) >= 11 is 0. The average molecular weight is 396 g/mol. The molecule has 0 radical (unpaired) electrons. The number of pyridine rings is 1. The summed E-state index contributed by atoms with van der Waals surface area (Å²) in [6.45, 7) is 2.31. The van der Waals surface area contributed by atoms with Crippen LogP contribution in [0.5, 0.6) is 0 Å². The molecular formula is C20H24N6O3. The van der Waals surface area contributed by atoms with Crippen LogP contribution in [0.3, 0.4) is 0 Å². The van der Waals surface area contributed by atoms with Crippen LogP contribution in [0.2, 0.25) is 0 Å². The van der Waals surface area contributed by atoms with Gasteiger partial charge in [0.05, 0.1) is 17.8 Å². The Morgan fingerprint density at radius 3 is 2.97 bits per heavy atom. The van der Waals surface area contributed by atoms with Gasteiger partial charge in [-0.25, -0.2) is 15.0 Å². The fourth-order valence-electron chi connectivity index (χ4n) is 4.02. The Morgan fingerprint density at radius 1 is 1.34 bits per heavy atom. The first-order valence-electron chi connectivity index (χ1n) is 9.66. The maximum Gasteiger partial charge on any atom is 0.246 e. The Labute approximate surface area is 167 Å². The maximum absolute atomic E-state index is 12.0. The lowest BCUT2D eigenvalue weighted by molar-refractivity contribution is -0.126. The van der Waals surface area contributed by atoms with Gasteiger partial charge in [0, 0.05) is 36.1 Å². The summed E-state index contributed by atoms with van der Waals surface area (Å²) in [5, 5.41) is 14.4. The van der Waals surface area contributed by atoms with Crippen LogP contribution in [-0.2, 0) is 9.53 Å². The number of fused-ring (bicyclic) bond motifs is 1. The number of nitrogens with one attached hydrogen (secondary N) is 2. The normalized spacial score (nSPS) is 21.5. The van der Waals surface area contributed by atoms with E-state index >= 15 is 0 Å². The number of H-pyrrole nitrogens is 1. The van der Waals surface area contributed by atoms with Crippen molar-refractivity contribution in [1.29, 1.82) is 0 Å². The van der Waals surface area contributed by atoms with E-state index < -0.39 is 6.10 Å². The summed E-state index contributed by atoms with van der Waals surface area (Å²) in [7, 11) is 0. The van der Waals surface area contributed by atoms with E-state index in [1.54, 1.807) is 18.5 Å². The van der Waals surface area contributed by atoms with Gasteiger partial charge in [-0.1, -0.05) is 0 Å². The molecule has 3 aromatic heterocycles. The van der Waals surface area contributed by atoms with Crippen LogP contribution in [0.15, 0.2) is 30.7 Å². The number of hydrogen-bond acceptors (Lipinski definition) is 7. The van der Waals surface area contributed by atoms with Crippen LogP contribution in [0.1, 0.15) is 31.2 Å². The lowest BCUT2D eigenvalue weighted by Gasteiger charge is -2.16. The van der Waals surface area contributed by atoms with Crippen molar-refractivity contribution in [2.24, 2.45) is 0 Å². The van der Waals surface area contributed by atoms with Gasteiger partial charge in [0.25, 0.3) is 0 Å². The van der Waals surface area contributed by atoms with Gasteiger partial charge in [0.2, 0.25) is 11.9 Å². The third kappa shape index (κ3) is 3.92. The number of ether oxygens (including phenoxy) is 1. The third-order valence-electron chi connectivity index (χ3n) is 5.31. The molecule has 1 aliphatic rings. The predicted octanol–water partition coefficient (Wildman–Crippen LogP) is 1.36. The minimum atomic E-state index is -0.620. The molecule has 1 fully saturated rings. The number of amides is 1. The number of aliphatic hydroxyl groups excluding tert-OH is 1. The number of aromatic nitrogens is 4. The van der Waals surface area contributed by atoms with Gasteiger partial charge in [-0.2, -0.15) is 0 Å².